The maximum Gasteiger partial charge on any atom is 0.136 e. The first-order valence-corrected chi connectivity index (χ1v) is 45.9. The molecule has 0 aliphatic carbocycles. The molecule has 0 aliphatic rings. The second kappa shape index (κ2) is 32.1. The molecule has 6 heteroatoms. The van der Waals surface area contributed by atoms with Crippen LogP contribution < -0.4 is 9.80 Å². The van der Waals surface area contributed by atoms with Crippen molar-refractivity contribution in [2.24, 2.45) is 0 Å². The number of rotatable bonds is 14. The maximum absolute atomic E-state index is 6.22. The van der Waals surface area contributed by atoms with Crippen LogP contribution in [-0.2, 0) is 0 Å². The zero-order valence-corrected chi connectivity index (χ0v) is 72.9. The van der Waals surface area contributed by atoms with Crippen molar-refractivity contribution in [1.29, 1.82) is 0 Å². The molecule has 0 N–H and O–H groups in total. The Hall–Kier alpha value is -17.8. The molecule has 0 unspecified atom stereocenters. The van der Waals surface area contributed by atoms with Gasteiger partial charge in [0.05, 0.1) is 22.1 Å². The predicted octanol–water partition coefficient (Wildman–Crippen LogP) is 36.1. The number of furan rings is 2. The van der Waals surface area contributed by atoms with E-state index in [1.54, 1.807) is 0 Å². The van der Waals surface area contributed by atoms with Crippen molar-refractivity contribution < 1.29 is 8.83 Å². The summed E-state index contributed by atoms with van der Waals surface area (Å²) in [4.78, 5) is 4.76. The summed E-state index contributed by atoms with van der Waals surface area (Å²) in [6.45, 7) is 0. The quantitative estimate of drug-likeness (QED) is 0.102. The number of aromatic nitrogens is 2. The molecular formula is C128H82N4O2. The summed E-state index contributed by atoms with van der Waals surface area (Å²) < 4.78 is 17.2. The molecule has 0 bridgehead atoms. The van der Waals surface area contributed by atoms with Crippen molar-refractivity contribution in [1.82, 2.24) is 9.13 Å². The van der Waals surface area contributed by atoms with Crippen LogP contribution in [0.15, 0.2) is 506 Å². The van der Waals surface area contributed by atoms with Gasteiger partial charge in [-0.25, -0.2) is 0 Å². The molecule has 0 fully saturated rings. The van der Waals surface area contributed by atoms with E-state index in [2.05, 4.69) is 492 Å². The van der Waals surface area contributed by atoms with Crippen LogP contribution in [0.25, 0.3) is 219 Å². The molecule has 0 radical (unpaired) electrons. The summed E-state index contributed by atoms with van der Waals surface area (Å²) in [7, 11) is 0. The molecule has 0 spiro atoms. The van der Waals surface area contributed by atoms with Gasteiger partial charge in [-0.05, 0) is 266 Å². The van der Waals surface area contributed by atoms with E-state index in [0.29, 0.717) is 0 Å². The van der Waals surface area contributed by atoms with Gasteiger partial charge in [-0.2, -0.15) is 0 Å². The second-order valence-corrected chi connectivity index (χ2v) is 34.9. The Balaban J connectivity index is 0.000000140. The Labute approximate surface area is 773 Å². The van der Waals surface area contributed by atoms with Gasteiger partial charge in [0.1, 0.15) is 22.3 Å². The highest BCUT2D eigenvalue weighted by molar-refractivity contribution is 6.26. The summed E-state index contributed by atoms with van der Waals surface area (Å²) in [6, 6.07) is 180. The zero-order valence-electron chi connectivity index (χ0n) is 72.9. The van der Waals surface area contributed by atoms with Crippen molar-refractivity contribution in [3.8, 4) is 78.1 Å². The molecule has 0 aliphatic heterocycles. The van der Waals surface area contributed by atoms with Gasteiger partial charge in [-0.15, -0.1) is 0 Å². The molecule has 23 aromatic carbocycles. The van der Waals surface area contributed by atoms with Gasteiger partial charge in [0.15, 0.2) is 0 Å². The monoisotopic (exact) mass is 1710 g/mol. The fourth-order valence-electron chi connectivity index (χ4n) is 21.0. The number of para-hydroxylation sites is 6. The highest BCUT2D eigenvalue weighted by Gasteiger charge is 2.23. The average molecular weight is 1710 g/mol. The Bertz CT molecular complexity index is 9130. The largest absolute Gasteiger partial charge is 0.456 e. The van der Waals surface area contributed by atoms with E-state index in [1.807, 2.05) is 24.3 Å². The van der Waals surface area contributed by atoms with Crippen molar-refractivity contribution >= 4 is 175 Å². The van der Waals surface area contributed by atoms with E-state index in [0.717, 1.165) is 106 Å². The number of benzene rings is 23. The minimum absolute atomic E-state index is 0.908. The molecule has 4 heterocycles. The third kappa shape index (κ3) is 13.2. The van der Waals surface area contributed by atoms with E-state index in [9.17, 15) is 0 Å². The number of nitrogens with zero attached hydrogens (tertiary/aromatic N) is 4. The van der Waals surface area contributed by atoms with Gasteiger partial charge in [-0.3, -0.25) is 0 Å². The summed E-state index contributed by atoms with van der Waals surface area (Å²) in [6.07, 6.45) is 0. The lowest BCUT2D eigenvalue weighted by molar-refractivity contribution is 0.668. The Morgan fingerprint density at radius 3 is 0.784 bits per heavy atom. The molecule has 27 aromatic rings. The standard InChI is InChI=1S/C66H42N2O.C62H40N2O/c1-2-14-55-53(12-1)54-13-3-4-15-56(54)61-42-51(40-41-57(55)61)67(48-34-28-44(29-35-48)43-24-26-47(27-25-43)52-19-11-23-65-66(52)60-18-7-10-22-64(60)69-65)49-36-30-45(31-37-49)46-32-38-50(39-33-46)68-62-20-8-5-16-58(62)59-17-6-9-21-63(59)68;1-2-11-52-45(10-1)24-25-47-40-51(38-39-53(47)52)63(48-32-26-42(27-33-48)41-20-22-46(23-21-41)54-15-9-19-61-62(54)57-14-5-8-18-60(57)65-61)49-34-28-43(29-35-49)44-30-36-50(37-31-44)64-58-16-6-3-12-55(58)56-13-4-7-17-59(56)64/h1-42H;1-40H. The van der Waals surface area contributed by atoms with Gasteiger partial charge < -0.3 is 27.8 Å². The molecule has 134 heavy (non-hydrogen) atoms. The Kier molecular flexibility index (Phi) is 18.5. The second-order valence-electron chi connectivity index (χ2n) is 34.9. The maximum atomic E-state index is 6.22. The van der Waals surface area contributed by atoms with E-state index in [-0.39, 0.29) is 0 Å². The first kappa shape index (κ1) is 77.3. The molecule has 0 atom stereocenters. The fourth-order valence-corrected chi connectivity index (χ4v) is 21.0. The minimum atomic E-state index is 0.908. The Morgan fingerprint density at radius 2 is 0.403 bits per heavy atom. The van der Waals surface area contributed by atoms with Crippen molar-refractivity contribution in [2.75, 3.05) is 9.80 Å². The molecular weight excluding hydrogens is 1630 g/mol. The molecule has 0 saturated heterocycles. The number of anilines is 6. The first-order chi connectivity index (χ1) is 66.4. The molecule has 626 valence electrons. The van der Waals surface area contributed by atoms with E-state index >= 15 is 0 Å². The van der Waals surface area contributed by atoms with Crippen LogP contribution >= 0.6 is 0 Å². The normalized spacial score (nSPS) is 11.7. The van der Waals surface area contributed by atoms with E-state index in [1.165, 1.54) is 148 Å². The highest BCUT2D eigenvalue weighted by atomic mass is 16.3. The molecule has 0 amide bonds. The predicted molar refractivity (Wildman–Crippen MR) is 566 cm³/mol. The van der Waals surface area contributed by atoms with Gasteiger partial charge >= 0.3 is 0 Å². The average Bonchev–Trinajstić information content (AvgIpc) is 1.32. The number of fused-ring (bicyclic) bond motifs is 21. The van der Waals surface area contributed by atoms with Crippen molar-refractivity contribution in [3.63, 3.8) is 0 Å². The van der Waals surface area contributed by atoms with Crippen LogP contribution in [0.5, 0.6) is 0 Å². The van der Waals surface area contributed by atoms with Crippen LogP contribution in [0.4, 0.5) is 34.1 Å². The van der Waals surface area contributed by atoms with Crippen molar-refractivity contribution in [3.05, 3.63) is 497 Å². The summed E-state index contributed by atoms with van der Waals surface area (Å²) in [5, 5.41) is 22.2. The summed E-state index contributed by atoms with van der Waals surface area (Å²) in [5.74, 6) is 0. The van der Waals surface area contributed by atoms with E-state index in [4.69, 9.17) is 8.83 Å². The smallest absolute Gasteiger partial charge is 0.136 e. The van der Waals surface area contributed by atoms with Crippen LogP contribution in [0.2, 0.25) is 0 Å². The Morgan fingerprint density at radius 1 is 0.149 bits per heavy atom. The highest BCUT2D eigenvalue weighted by Crippen LogP contribution is 2.47. The van der Waals surface area contributed by atoms with Gasteiger partial charge in [0, 0.05) is 88.6 Å². The molecule has 27 rings (SSSR count). The van der Waals surface area contributed by atoms with Gasteiger partial charge in [0.2, 0.25) is 0 Å². The topological polar surface area (TPSA) is 42.6 Å². The van der Waals surface area contributed by atoms with Crippen LogP contribution in [-0.4, -0.2) is 9.13 Å². The molecule has 4 aromatic heterocycles. The third-order valence-electron chi connectivity index (χ3n) is 27.4. The number of hydrogen-bond donors (Lipinski definition) is 0. The third-order valence-corrected chi connectivity index (χ3v) is 27.4. The van der Waals surface area contributed by atoms with E-state index < -0.39 is 0 Å². The zero-order chi connectivity index (χ0) is 88.3. The van der Waals surface area contributed by atoms with Gasteiger partial charge in [0.25, 0.3) is 0 Å². The summed E-state index contributed by atoms with van der Waals surface area (Å²) in [5.41, 5.74) is 31.4. The number of hydrogen-bond acceptors (Lipinski definition) is 4. The lowest BCUT2D eigenvalue weighted by Crippen LogP contribution is -2.10. The minimum Gasteiger partial charge on any atom is -0.456 e. The van der Waals surface area contributed by atoms with Gasteiger partial charge in [-0.1, -0.05) is 352 Å². The van der Waals surface area contributed by atoms with Crippen molar-refractivity contribution in [2.45, 2.75) is 0 Å². The fraction of sp³-hybridized carbons (Fsp3) is 0. The van der Waals surface area contributed by atoms with Crippen LogP contribution in [0.3, 0.4) is 0 Å². The first-order valence-electron chi connectivity index (χ1n) is 45.9. The summed E-state index contributed by atoms with van der Waals surface area (Å²) >= 11 is 0. The van der Waals surface area contributed by atoms with Crippen LogP contribution in [0.1, 0.15) is 0 Å². The lowest BCUT2D eigenvalue weighted by atomic mass is 9.94. The van der Waals surface area contributed by atoms with Crippen LogP contribution in [0, 0.1) is 0 Å². The molecule has 6 nitrogen and oxygen atoms in total. The SMILES string of the molecule is c1ccc2c(c1)ccc1cc(N(c3ccc(-c4ccc(-c5cccc6oc7ccccc7c56)cc4)cc3)c3ccc(-c4ccc(-n5c6ccccc6c6ccccc65)cc4)cc3)ccc12.c1ccc2c(c1)oc1cccc(-c3ccc(-c4ccc(N(c5ccc(-c6ccc(-n7c8ccccc8c8ccccc87)cc6)cc5)c5ccc6c7ccccc7c7ccccc7c6c5)cc4)cc3)c12. The molecule has 0 saturated carbocycles. The lowest BCUT2D eigenvalue weighted by Gasteiger charge is -2.27.